The van der Waals surface area contributed by atoms with Crippen LogP contribution in [0.2, 0.25) is 10.0 Å². The van der Waals surface area contributed by atoms with Gasteiger partial charge in [-0.05, 0) is 24.6 Å². The molecule has 2 aromatic rings. The summed E-state index contributed by atoms with van der Waals surface area (Å²) < 4.78 is 0. The van der Waals surface area contributed by atoms with Crippen LogP contribution in [0.4, 0.5) is 5.69 Å². The highest BCUT2D eigenvalue weighted by Gasteiger charge is 2.39. The van der Waals surface area contributed by atoms with E-state index in [9.17, 15) is 4.79 Å². The van der Waals surface area contributed by atoms with Gasteiger partial charge in [0.15, 0.2) is 5.96 Å². The van der Waals surface area contributed by atoms with Gasteiger partial charge < -0.3 is 15.2 Å². The van der Waals surface area contributed by atoms with Gasteiger partial charge in [0, 0.05) is 13.5 Å². The summed E-state index contributed by atoms with van der Waals surface area (Å²) in [7, 11) is 1.90. The van der Waals surface area contributed by atoms with Gasteiger partial charge in [0.25, 0.3) is 5.56 Å². The zero-order chi connectivity index (χ0) is 20.5. The van der Waals surface area contributed by atoms with Crippen LogP contribution in [0, 0.1) is 0 Å². The van der Waals surface area contributed by atoms with Crippen molar-refractivity contribution in [2.24, 2.45) is 4.99 Å². The average molecular weight is 432 g/mol. The third kappa shape index (κ3) is 3.79. The molecule has 0 spiro atoms. The Balaban J connectivity index is 1.62. The fourth-order valence-corrected chi connectivity index (χ4v) is 4.33. The smallest absolute Gasteiger partial charge is 0.256 e. The zero-order valence-corrected chi connectivity index (χ0v) is 17.9. The number of fused-ring (bicyclic) bond motifs is 3. The first-order valence-corrected chi connectivity index (χ1v) is 10.6. The number of hydrogen-bond donors (Lipinski definition) is 2. The van der Waals surface area contributed by atoms with Gasteiger partial charge in [-0.25, -0.2) is 9.98 Å². The summed E-state index contributed by atoms with van der Waals surface area (Å²) in [4.78, 5) is 27.3. The molecule has 2 N–H and O–H groups in total. The first-order chi connectivity index (χ1) is 14.0. The Morgan fingerprint density at radius 1 is 1.24 bits per heavy atom. The first kappa shape index (κ1) is 20.0. The Morgan fingerprint density at radius 2 is 2.00 bits per heavy atom. The summed E-state index contributed by atoms with van der Waals surface area (Å²) >= 11 is 12.6. The number of halogens is 2. The number of anilines is 1. The predicted molar refractivity (Wildman–Crippen MR) is 119 cm³/mol. The van der Waals surface area contributed by atoms with E-state index in [-0.39, 0.29) is 17.6 Å². The van der Waals surface area contributed by atoms with Crippen molar-refractivity contribution < 1.29 is 0 Å². The minimum absolute atomic E-state index is 0.0973. The van der Waals surface area contributed by atoms with E-state index in [1.54, 1.807) is 18.2 Å². The molecular weight excluding hydrogens is 409 g/mol. The monoisotopic (exact) mass is 431 g/mol. The fourth-order valence-electron chi connectivity index (χ4n) is 3.84. The fraction of sp³-hybridized carbons (Fsp3) is 0.381. The van der Waals surface area contributed by atoms with Crippen molar-refractivity contribution in [2.75, 3.05) is 12.4 Å². The van der Waals surface area contributed by atoms with Crippen LogP contribution in [0.1, 0.15) is 49.3 Å². The molecule has 0 saturated heterocycles. The molecule has 0 saturated carbocycles. The summed E-state index contributed by atoms with van der Waals surface area (Å²) in [6, 6.07) is 4.92. The van der Waals surface area contributed by atoms with Crippen molar-refractivity contribution >= 4 is 40.9 Å². The molecule has 8 heteroatoms. The molecule has 1 aliphatic carbocycles. The number of unbranched alkanes of at least 4 members (excludes halogenated alkanes) is 2. The lowest BCUT2D eigenvalue weighted by atomic mass is 9.93. The number of nitrogens with one attached hydrogen (secondary N) is 2. The lowest BCUT2D eigenvalue weighted by Crippen LogP contribution is -2.38. The molecule has 2 atom stereocenters. The SMILES string of the molecule is CCCCCc1nc2c(c(=O)[nH]1)C1C(C=C2)N=C(Nc2c(Cl)cccc2Cl)N1C. The maximum Gasteiger partial charge on any atom is 0.256 e. The number of aliphatic imine (C=N–C) groups is 1. The van der Waals surface area contributed by atoms with Crippen LogP contribution < -0.4 is 10.9 Å². The van der Waals surface area contributed by atoms with Gasteiger partial charge in [-0.15, -0.1) is 0 Å². The van der Waals surface area contributed by atoms with Gasteiger partial charge in [0.1, 0.15) is 5.82 Å². The van der Waals surface area contributed by atoms with Crippen LogP contribution >= 0.6 is 23.2 Å². The molecule has 4 rings (SSSR count). The lowest BCUT2D eigenvalue weighted by Gasteiger charge is -2.28. The number of guanidine groups is 1. The second-order valence-corrected chi connectivity index (χ2v) is 8.16. The molecule has 152 valence electrons. The highest BCUT2D eigenvalue weighted by atomic mass is 35.5. The normalized spacial score (nSPS) is 19.7. The summed E-state index contributed by atoms with van der Waals surface area (Å²) in [6.45, 7) is 2.16. The number of H-pyrrole nitrogens is 1. The largest absolute Gasteiger partial charge is 0.336 e. The van der Waals surface area contributed by atoms with E-state index in [2.05, 4.69) is 17.2 Å². The molecule has 1 aromatic heterocycles. The lowest BCUT2D eigenvalue weighted by molar-refractivity contribution is 0.378. The molecule has 2 unspecified atom stereocenters. The standard InChI is InChI=1S/C21H23Cl2N5O/c1-3-4-5-9-16-24-14-10-11-15-19(17(14)20(29)26-16)28(2)21(25-15)27-18-12(22)7-6-8-13(18)23/h6-8,10-11,15,19H,3-5,9H2,1-2H3,(H,25,27)(H,24,26,29). The number of nitrogens with zero attached hydrogens (tertiary/aromatic N) is 3. The second-order valence-electron chi connectivity index (χ2n) is 7.35. The van der Waals surface area contributed by atoms with E-state index < -0.39 is 0 Å². The van der Waals surface area contributed by atoms with Crippen molar-refractivity contribution in [2.45, 2.75) is 44.7 Å². The Hall–Kier alpha value is -2.31. The van der Waals surface area contributed by atoms with Gasteiger partial charge in [0.05, 0.1) is 39.1 Å². The quantitative estimate of drug-likeness (QED) is 0.675. The third-order valence-electron chi connectivity index (χ3n) is 5.34. The highest BCUT2D eigenvalue weighted by Crippen LogP contribution is 2.37. The Kier molecular flexibility index (Phi) is 5.65. The molecule has 0 bridgehead atoms. The zero-order valence-electron chi connectivity index (χ0n) is 16.4. The number of aromatic amines is 1. The molecule has 1 aromatic carbocycles. The molecule has 29 heavy (non-hydrogen) atoms. The van der Waals surface area contributed by atoms with Crippen LogP contribution in [-0.2, 0) is 6.42 Å². The number of aromatic nitrogens is 2. The first-order valence-electron chi connectivity index (χ1n) is 9.82. The van der Waals surface area contributed by atoms with Crippen LogP contribution in [0.15, 0.2) is 34.1 Å². The molecule has 0 radical (unpaired) electrons. The van der Waals surface area contributed by atoms with Crippen molar-refractivity contribution in [3.63, 3.8) is 0 Å². The highest BCUT2D eigenvalue weighted by molar-refractivity contribution is 6.39. The van der Waals surface area contributed by atoms with Crippen LogP contribution in [-0.4, -0.2) is 33.9 Å². The number of para-hydroxylation sites is 1. The van der Waals surface area contributed by atoms with Crippen LogP contribution in [0.3, 0.4) is 0 Å². The Bertz CT molecular complexity index is 1030. The van der Waals surface area contributed by atoms with E-state index in [4.69, 9.17) is 33.2 Å². The van der Waals surface area contributed by atoms with Crippen molar-refractivity contribution in [3.8, 4) is 0 Å². The molecule has 0 amide bonds. The minimum atomic E-state index is -0.222. The Labute approximate surface area is 179 Å². The number of rotatable bonds is 5. The number of benzene rings is 1. The maximum absolute atomic E-state index is 12.9. The molecule has 0 fully saturated rings. The predicted octanol–water partition coefficient (Wildman–Crippen LogP) is 4.66. The average Bonchev–Trinajstić information content (AvgIpc) is 3.01. The number of aryl methyl sites for hydroxylation is 1. The van der Waals surface area contributed by atoms with Gasteiger partial charge in [-0.1, -0.05) is 55.1 Å². The molecule has 1 aliphatic heterocycles. The minimum Gasteiger partial charge on any atom is -0.336 e. The van der Waals surface area contributed by atoms with Gasteiger partial charge >= 0.3 is 0 Å². The number of likely N-dealkylation sites (N-methyl/N-ethyl adjacent to an activating group) is 1. The molecule has 2 aliphatic rings. The van der Waals surface area contributed by atoms with Crippen molar-refractivity contribution in [3.05, 3.63) is 61.8 Å². The summed E-state index contributed by atoms with van der Waals surface area (Å²) in [5, 5.41) is 4.24. The second kappa shape index (κ2) is 8.20. The van der Waals surface area contributed by atoms with Crippen LogP contribution in [0.25, 0.3) is 6.08 Å². The summed E-state index contributed by atoms with van der Waals surface area (Å²) in [5.74, 6) is 1.35. The van der Waals surface area contributed by atoms with E-state index in [0.717, 1.165) is 37.2 Å². The summed E-state index contributed by atoms with van der Waals surface area (Å²) in [6.07, 6.45) is 7.95. The Morgan fingerprint density at radius 3 is 2.72 bits per heavy atom. The van der Waals surface area contributed by atoms with E-state index in [1.807, 2.05) is 24.1 Å². The topological polar surface area (TPSA) is 73.4 Å². The van der Waals surface area contributed by atoms with Crippen molar-refractivity contribution in [1.82, 2.24) is 14.9 Å². The van der Waals surface area contributed by atoms with Gasteiger partial charge in [-0.2, -0.15) is 0 Å². The van der Waals surface area contributed by atoms with E-state index in [1.165, 1.54) is 0 Å². The van der Waals surface area contributed by atoms with Gasteiger partial charge in [-0.3, -0.25) is 4.79 Å². The summed E-state index contributed by atoms with van der Waals surface area (Å²) in [5.41, 5.74) is 1.87. The van der Waals surface area contributed by atoms with Crippen molar-refractivity contribution in [1.29, 1.82) is 0 Å². The number of hydrogen-bond acceptors (Lipinski definition) is 5. The third-order valence-corrected chi connectivity index (χ3v) is 5.97. The van der Waals surface area contributed by atoms with Gasteiger partial charge in [0.2, 0.25) is 0 Å². The van der Waals surface area contributed by atoms with E-state index >= 15 is 0 Å². The maximum atomic E-state index is 12.9. The van der Waals surface area contributed by atoms with E-state index in [0.29, 0.717) is 27.3 Å². The van der Waals surface area contributed by atoms with Crippen LogP contribution in [0.5, 0.6) is 0 Å². The molecule has 2 heterocycles. The molecule has 6 nitrogen and oxygen atoms in total. The molecular formula is C21H23Cl2N5O.